The number of benzene rings is 1. The number of nitrogens with one attached hydrogen (secondary N) is 2. The number of halogens is 3. The topological polar surface area (TPSA) is 97.6 Å². The van der Waals surface area contributed by atoms with Gasteiger partial charge in [0, 0.05) is 18.5 Å². The lowest BCUT2D eigenvalue weighted by atomic mass is 10.3. The zero-order chi connectivity index (χ0) is 18.7. The number of urea groups is 1. The van der Waals surface area contributed by atoms with Crippen LogP contribution in [0.1, 0.15) is 18.8 Å². The van der Waals surface area contributed by atoms with Gasteiger partial charge in [0.1, 0.15) is 6.33 Å². The fourth-order valence-electron chi connectivity index (χ4n) is 2.14. The Morgan fingerprint density at radius 2 is 1.88 bits per heavy atom. The van der Waals surface area contributed by atoms with Crippen LogP contribution in [0.2, 0.25) is 5.02 Å². The number of carbonyl (C=O) groups excluding carboxylic acids is 1. The molecule has 1 aromatic carbocycles. The van der Waals surface area contributed by atoms with Crippen LogP contribution in [0, 0.1) is 11.6 Å². The van der Waals surface area contributed by atoms with Crippen LogP contribution in [0.25, 0.3) is 5.95 Å². The minimum atomic E-state index is -1.13. The van der Waals surface area contributed by atoms with Gasteiger partial charge in [-0.2, -0.15) is 9.78 Å². The minimum Gasteiger partial charge on any atom is -0.328 e. The Morgan fingerprint density at radius 1 is 1.19 bits per heavy atom. The molecule has 26 heavy (non-hydrogen) atoms. The number of carbonyl (C=O) groups is 1. The maximum atomic E-state index is 13.3. The largest absolute Gasteiger partial charge is 0.328 e. The zero-order valence-electron chi connectivity index (χ0n) is 13.3. The van der Waals surface area contributed by atoms with Crippen molar-refractivity contribution in [3.8, 4) is 5.95 Å². The van der Waals surface area contributed by atoms with Crippen LogP contribution in [-0.2, 0) is 0 Å². The van der Waals surface area contributed by atoms with Crippen molar-refractivity contribution >= 4 is 23.3 Å². The number of amides is 2. The molecular weight excluding hydrogens is 368 g/mol. The number of nitrogens with zero attached hydrogens (tertiary/aromatic N) is 5. The second kappa shape index (κ2) is 7.40. The molecule has 2 heterocycles. The first-order chi connectivity index (χ1) is 12.5. The third-order valence-electron chi connectivity index (χ3n) is 3.31. The predicted molar refractivity (Wildman–Crippen MR) is 88.9 cm³/mol. The molecule has 0 aliphatic carbocycles. The molecule has 0 saturated heterocycles. The smallest absolute Gasteiger partial charge is 0.319 e. The summed E-state index contributed by atoms with van der Waals surface area (Å²) in [7, 11) is 0. The Kier molecular flexibility index (Phi) is 5.03. The van der Waals surface area contributed by atoms with Crippen molar-refractivity contribution in [1.29, 1.82) is 0 Å². The maximum absolute atomic E-state index is 13.3. The highest BCUT2D eigenvalue weighted by atomic mass is 35.5. The van der Waals surface area contributed by atoms with Gasteiger partial charge in [-0.05, 0) is 19.1 Å². The van der Waals surface area contributed by atoms with E-state index in [1.54, 1.807) is 25.4 Å². The van der Waals surface area contributed by atoms with Gasteiger partial charge in [0.05, 0.1) is 16.8 Å². The first kappa shape index (κ1) is 17.7. The van der Waals surface area contributed by atoms with Crippen molar-refractivity contribution in [1.82, 2.24) is 30.0 Å². The second-order valence-electron chi connectivity index (χ2n) is 5.15. The summed E-state index contributed by atoms with van der Waals surface area (Å²) in [5.41, 5.74) is -0.0665. The van der Waals surface area contributed by atoms with Gasteiger partial charge >= 0.3 is 6.03 Å². The molecule has 0 saturated carbocycles. The summed E-state index contributed by atoms with van der Waals surface area (Å²) in [5.74, 6) is -1.57. The van der Waals surface area contributed by atoms with E-state index in [0.29, 0.717) is 5.82 Å². The maximum Gasteiger partial charge on any atom is 0.319 e. The lowest BCUT2D eigenvalue weighted by Crippen LogP contribution is -2.32. The van der Waals surface area contributed by atoms with Gasteiger partial charge in [-0.15, -0.1) is 0 Å². The average molecular weight is 380 g/mol. The van der Waals surface area contributed by atoms with Gasteiger partial charge in [-0.25, -0.2) is 28.5 Å². The van der Waals surface area contributed by atoms with E-state index in [1.165, 1.54) is 11.0 Å². The third kappa shape index (κ3) is 3.75. The average Bonchev–Trinajstić information content (AvgIpc) is 3.10. The molecule has 11 heteroatoms. The number of rotatable bonds is 4. The quantitative estimate of drug-likeness (QED) is 0.679. The van der Waals surface area contributed by atoms with Crippen LogP contribution < -0.4 is 10.6 Å². The van der Waals surface area contributed by atoms with E-state index in [2.05, 4.69) is 30.7 Å². The van der Waals surface area contributed by atoms with Crippen molar-refractivity contribution in [2.24, 2.45) is 0 Å². The number of anilines is 1. The van der Waals surface area contributed by atoms with Crippen molar-refractivity contribution < 1.29 is 13.6 Å². The molecule has 0 spiro atoms. The van der Waals surface area contributed by atoms with E-state index < -0.39 is 23.7 Å². The molecular formula is C15H12ClF2N7O. The summed E-state index contributed by atoms with van der Waals surface area (Å²) in [6.07, 6.45) is 4.39. The standard InChI is InChI=1S/C15H12ClF2N7O/c1-8(13-21-7-22-25(13)14-19-3-2-4-20-14)23-15(26)24-12-6-11(18)10(17)5-9(12)16/h2-8H,1H3,(H2,23,24,26). The highest BCUT2D eigenvalue weighted by Gasteiger charge is 2.19. The van der Waals surface area contributed by atoms with Gasteiger partial charge in [-0.1, -0.05) is 11.6 Å². The van der Waals surface area contributed by atoms with Gasteiger partial charge < -0.3 is 10.6 Å². The lowest BCUT2D eigenvalue weighted by molar-refractivity contribution is 0.248. The zero-order valence-corrected chi connectivity index (χ0v) is 14.1. The second-order valence-corrected chi connectivity index (χ2v) is 5.55. The molecule has 1 unspecified atom stereocenters. The molecule has 1 atom stereocenters. The normalized spacial score (nSPS) is 11.8. The summed E-state index contributed by atoms with van der Waals surface area (Å²) >= 11 is 5.79. The van der Waals surface area contributed by atoms with Crippen LogP contribution in [0.3, 0.4) is 0 Å². The van der Waals surface area contributed by atoms with Crippen LogP contribution in [0.4, 0.5) is 19.3 Å². The van der Waals surface area contributed by atoms with Crippen LogP contribution in [0.15, 0.2) is 36.9 Å². The van der Waals surface area contributed by atoms with Crippen molar-refractivity contribution in [3.05, 3.63) is 59.4 Å². The first-order valence-corrected chi connectivity index (χ1v) is 7.73. The fourth-order valence-corrected chi connectivity index (χ4v) is 2.34. The van der Waals surface area contributed by atoms with Crippen LogP contribution in [-0.4, -0.2) is 30.8 Å². The highest BCUT2D eigenvalue weighted by molar-refractivity contribution is 6.33. The predicted octanol–water partition coefficient (Wildman–Crippen LogP) is 2.87. The van der Waals surface area contributed by atoms with E-state index >= 15 is 0 Å². The number of hydrogen-bond donors (Lipinski definition) is 2. The monoisotopic (exact) mass is 379 g/mol. The lowest BCUT2D eigenvalue weighted by Gasteiger charge is -2.15. The molecule has 2 aromatic heterocycles. The Labute approximate surface area is 151 Å². The van der Waals surface area contributed by atoms with Gasteiger partial charge in [-0.3, -0.25) is 0 Å². The molecule has 0 bridgehead atoms. The Balaban J connectivity index is 1.73. The summed E-state index contributed by atoms with van der Waals surface area (Å²) in [6.45, 7) is 1.66. The molecule has 134 valence electrons. The molecule has 8 nitrogen and oxygen atoms in total. The Bertz CT molecular complexity index is 935. The highest BCUT2D eigenvalue weighted by Crippen LogP contribution is 2.25. The van der Waals surface area contributed by atoms with Crippen LogP contribution >= 0.6 is 11.6 Å². The van der Waals surface area contributed by atoms with Crippen molar-refractivity contribution in [2.45, 2.75) is 13.0 Å². The molecule has 0 aliphatic rings. The minimum absolute atomic E-state index is 0.0665. The Hall–Kier alpha value is -3.14. The molecule has 2 N–H and O–H groups in total. The summed E-state index contributed by atoms with van der Waals surface area (Å²) in [4.78, 5) is 24.4. The summed E-state index contributed by atoms with van der Waals surface area (Å²) < 4.78 is 27.7. The number of hydrogen-bond acceptors (Lipinski definition) is 5. The SMILES string of the molecule is CC(NC(=O)Nc1cc(F)c(F)cc1Cl)c1ncnn1-c1ncccn1. The fraction of sp³-hybridized carbons (Fsp3) is 0.133. The summed E-state index contributed by atoms with van der Waals surface area (Å²) in [5, 5.41) is 8.85. The molecule has 3 aromatic rings. The van der Waals surface area contributed by atoms with E-state index in [1.807, 2.05) is 0 Å². The molecule has 0 aliphatic heterocycles. The van der Waals surface area contributed by atoms with Crippen molar-refractivity contribution in [2.75, 3.05) is 5.32 Å². The molecule has 0 fully saturated rings. The van der Waals surface area contributed by atoms with E-state index in [-0.39, 0.29) is 16.7 Å². The summed E-state index contributed by atoms with van der Waals surface area (Å²) in [6, 6.07) is 1.95. The van der Waals surface area contributed by atoms with Crippen molar-refractivity contribution in [3.63, 3.8) is 0 Å². The molecule has 3 rings (SSSR count). The van der Waals surface area contributed by atoms with Gasteiger partial charge in [0.15, 0.2) is 17.5 Å². The Morgan fingerprint density at radius 3 is 2.62 bits per heavy atom. The van der Waals surface area contributed by atoms with Gasteiger partial charge in [0.25, 0.3) is 5.95 Å². The van der Waals surface area contributed by atoms with E-state index in [4.69, 9.17) is 11.6 Å². The van der Waals surface area contributed by atoms with E-state index in [0.717, 1.165) is 12.1 Å². The van der Waals surface area contributed by atoms with E-state index in [9.17, 15) is 13.6 Å². The molecule has 2 amide bonds. The third-order valence-corrected chi connectivity index (χ3v) is 3.62. The first-order valence-electron chi connectivity index (χ1n) is 7.35. The number of aromatic nitrogens is 5. The molecule has 0 radical (unpaired) electrons. The van der Waals surface area contributed by atoms with Gasteiger partial charge in [0.2, 0.25) is 0 Å². The van der Waals surface area contributed by atoms with Crippen LogP contribution in [0.5, 0.6) is 0 Å².